The Labute approximate surface area is 166 Å². The van der Waals surface area contributed by atoms with E-state index >= 15 is 0 Å². The fourth-order valence-corrected chi connectivity index (χ4v) is 3.15. The topological polar surface area (TPSA) is 71.5 Å². The molecule has 0 spiro atoms. The second kappa shape index (κ2) is 7.32. The van der Waals surface area contributed by atoms with Crippen LogP contribution in [0.25, 0.3) is 0 Å². The highest BCUT2D eigenvalue weighted by molar-refractivity contribution is 6.31. The molecule has 0 atom stereocenters. The summed E-state index contributed by atoms with van der Waals surface area (Å²) in [4.78, 5) is 31.4. The summed E-state index contributed by atoms with van der Waals surface area (Å²) in [6, 6.07) is 15.6. The number of aryl methyl sites for hydroxylation is 1. The molecule has 1 aromatic heterocycles. The predicted molar refractivity (Wildman–Crippen MR) is 107 cm³/mol. The van der Waals surface area contributed by atoms with E-state index in [1.165, 1.54) is 4.90 Å². The first-order valence-corrected chi connectivity index (χ1v) is 9.00. The summed E-state index contributed by atoms with van der Waals surface area (Å²) in [5.74, 6) is -0.0274. The number of carbonyl (C=O) groups excluding carboxylic acids is 2. The van der Waals surface area contributed by atoms with Gasteiger partial charge in [0.25, 0.3) is 5.91 Å². The lowest BCUT2D eigenvalue weighted by Crippen LogP contribution is -2.37. The standard InChI is InChI=1S/C21H16ClN3O3/c1-13-8-9-14(22)11-16(13)24-19(26)12-25-17-6-2-3-7-18(17)28-20-15(21(25)27)5-4-10-23-20/h2-11H,12H2,1H3,(H,24,26). The molecule has 140 valence electrons. The number of anilines is 2. The van der Waals surface area contributed by atoms with Gasteiger partial charge in [-0.25, -0.2) is 4.98 Å². The first-order chi connectivity index (χ1) is 13.5. The van der Waals surface area contributed by atoms with Gasteiger partial charge in [-0.2, -0.15) is 0 Å². The molecule has 6 nitrogen and oxygen atoms in total. The summed E-state index contributed by atoms with van der Waals surface area (Å²) in [7, 11) is 0. The SMILES string of the molecule is Cc1ccc(Cl)cc1NC(=O)CN1C(=O)c2cccnc2Oc2ccccc21. The summed E-state index contributed by atoms with van der Waals surface area (Å²) in [6.07, 6.45) is 1.55. The van der Waals surface area contributed by atoms with Crippen molar-refractivity contribution >= 4 is 34.8 Å². The van der Waals surface area contributed by atoms with Gasteiger partial charge in [0.1, 0.15) is 12.1 Å². The van der Waals surface area contributed by atoms with Crippen molar-refractivity contribution in [3.8, 4) is 11.6 Å². The number of amides is 2. The first kappa shape index (κ1) is 18.0. The van der Waals surface area contributed by atoms with E-state index in [2.05, 4.69) is 10.3 Å². The number of nitrogens with one attached hydrogen (secondary N) is 1. The molecular weight excluding hydrogens is 378 g/mol. The Hall–Kier alpha value is -3.38. The molecule has 3 aromatic rings. The number of para-hydroxylation sites is 2. The Balaban J connectivity index is 1.67. The number of pyridine rings is 1. The molecule has 7 heteroatoms. The molecule has 2 heterocycles. The molecule has 0 bridgehead atoms. The maximum atomic E-state index is 13.1. The Morgan fingerprint density at radius 1 is 1.18 bits per heavy atom. The number of benzene rings is 2. The summed E-state index contributed by atoms with van der Waals surface area (Å²) in [5, 5.41) is 3.34. The summed E-state index contributed by atoms with van der Waals surface area (Å²) >= 11 is 6.02. The van der Waals surface area contributed by atoms with Crippen molar-refractivity contribution in [2.24, 2.45) is 0 Å². The van der Waals surface area contributed by atoms with Gasteiger partial charge in [-0.15, -0.1) is 0 Å². The molecule has 0 unspecified atom stereocenters. The molecule has 0 fully saturated rings. The maximum Gasteiger partial charge on any atom is 0.264 e. The first-order valence-electron chi connectivity index (χ1n) is 8.63. The smallest absolute Gasteiger partial charge is 0.264 e. The minimum absolute atomic E-state index is 0.181. The second-order valence-electron chi connectivity index (χ2n) is 6.32. The fourth-order valence-electron chi connectivity index (χ4n) is 2.98. The van der Waals surface area contributed by atoms with Gasteiger partial charge in [0.05, 0.1) is 5.69 Å². The summed E-state index contributed by atoms with van der Waals surface area (Å²) < 4.78 is 5.82. The van der Waals surface area contributed by atoms with Crippen molar-refractivity contribution in [2.75, 3.05) is 16.8 Å². The van der Waals surface area contributed by atoms with Crippen LogP contribution in [0.3, 0.4) is 0 Å². The van der Waals surface area contributed by atoms with Crippen LogP contribution in [-0.4, -0.2) is 23.3 Å². The molecule has 4 rings (SSSR count). The molecule has 0 aliphatic carbocycles. The number of halogens is 1. The largest absolute Gasteiger partial charge is 0.436 e. The number of rotatable bonds is 3. The van der Waals surface area contributed by atoms with Gasteiger partial charge in [0.15, 0.2) is 5.75 Å². The van der Waals surface area contributed by atoms with E-state index in [4.69, 9.17) is 16.3 Å². The third-order valence-corrected chi connectivity index (χ3v) is 4.62. The molecule has 1 aliphatic rings. The molecule has 2 aromatic carbocycles. The highest BCUT2D eigenvalue weighted by Gasteiger charge is 2.30. The van der Waals surface area contributed by atoms with Crippen molar-refractivity contribution in [3.05, 3.63) is 76.9 Å². The minimum Gasteiger partial charge on any atom is -0.436 e. The van der Waals surface area contributed by atoms with Crippen molar-refractivity contribution in [1.29, 1.82) is 0 Å². The van der Waals surface area contributed by atoms with Gasteiger partial charge < -0.3 is 10.1 Å². The normalized spacial score (nSPS) is 12.5. The Morgan fingerprint density at radius 3 is 2.86 bits per heavy atom. The van der Waals surface area contributed by atoms with Crippen LogP contribution in [0.2, 0.25) is 5.02 Å². The fraction of sp³-hybridized carbons (Fsp3) is 0.0952. The Bertz CT molecular complexity index is 1080. The lowest BCUT2D eigenvalue weighted by atomic mass is 10.2. The predicted octanol–water partition coefficient (Wildman–Crippen LogP) is 4.43. The number of carbonyl (C=O) groups is 2. The molecule has 2 amide bonds. The molecular formula is C21H16ClN3O3. The van der Waals surface area contributed by atoms with E-state index in [-0.39, 0.29) is 24.2 Å². The number of ether oxygens (including phenoxy) is 1. The Kier molecular flexibility index (Phi) is 4.71. The van der Waals surface area contributed by atoms with Crippen molar-refractivity contribution in [2.45, 2.75) is 6.92 Å². The highest BCUT2D eigenvalue weighted by Crippen LogP contribution is 2.37. The van der Waals surface area contributed by atoms with Crippen molar-refractivity contribution in [1.82, 2.24) is 4.98 Å². The average Bonchev–Trinajstić information content (AvgIpc) is 2.80. The zero-order valence-electron chi connectivity index (χ0n) is 15.0. The van der Waals surface area contributed by atoms with Gasteiger partial charge in [0.2, 0.25) is 11.8 Å². The van der Waals surface area contributed by atoms with E-state index in [1.807, 2.05) is 13.0 Å². The van der Waals surface area contributed by atoms with Gasteiger partial charge in [-0.3, -0.25) is 14.5 Å². The molecule has 0 saturated carbocycles. The van der Waals surface area contributed by atoms with Crippen LogP contribution in [0, 0.1) is 6.92 Å². The zero-order chi connectivity index (χ0) is 19.7. The molecule has 1 N–H and O–H groups in total. The number of nitrogens with zero attached hydrogens (tertiary/aromatic N) is 2. The van der Waals surface area contributed by atoms with E-state index in [1.54, 1.807) is 54.7 Å². The van der Waals surface area contributed by atoms with Gasteiger partial charge >= 0.3 is 0 Å². The minimum atomic E-state index is -0.356. The van der Waals surface area contributed by atoms with Crippen LogP contribution in [0.4, 0.5) is 11.4 Å². The molecule has 1 aliphatic heterocycles. The lowest BCUT2D eigenvalue weighted by Gasteiger charge is -2.21. The van der Waals surface area contributed by atoms with E-state index in [0.29, 0.717) is 27.7 Å². The summed E-state index contributed by atoms with van der Waals surface area (Å²) in [6.45, 7) is 1.69. The third kappa shape index (κ3) is 3.42. The summed E-state index contributed by atoms with van der Waals surface area (Å²) in [5.41, 5.74) is 2.28. The maximum absolute atomic E-state index is 13.1. The van der Waals surface area contributed by atoms with Crippen LogP contribution >= 0.6 is 11.6 Å². The molecule has 0 radical (unpaired) electrons. The third-order valence-electron chi connectivity index (χ3n) is 4.38. The molecule has 28 heavy (non-hydrogen) atoms. The van der Waals surface area contributed by atoms with Crippen molar-refractivity contribution < 1.29 is 14.3 Å². The highest BCUT2D eigenvalue weighted by atomic mass is 35.5. The lowest BCUT2D eigenvalue weighted by molar-refractivity contribution is -0.114. The van der Waals surface area contributed by atoms with Crippen LogP contribution in [0.5, 0.6) is 11.6 Å². The Morgan fingerprint density at radius 2 is 2.00 bits per heavy atom. The average molecular weight is 394 g/mol. The van der Waals surface area contributed by atoms with E-state index in [9.17, 15) is 9.59 Å². The number of hydrogen-bond acceptors (Lipinski definition) is 4. The van der Waals surface area contributed by atoms with Crippen LogP contribution in [0.15, 0.2) is 60.8 Å². The second-order valence-corrected chi connectivity index (χ2v) is 6.76. The van der Waals surface area contributed by atoms with Crippen molar-refractivity contribution in [3.63, 3.8) is 0 Å². The van der Waals surface area contributed by atoms with Crippen LogP contribution in [-0.2, 0) is 4.79 Å². The van der Waals surface area contributed by atoms with E-state index in [0.717, 1.165) is 5.56 Å². The van der Waals surface area contributed by atoms with E-state index < -0.39 is 0 Å². The van der Waals surface area contributed by atoms with Gasteiger partial charge in [0, 0.05) is 16.9 Å². The van der Waals surface area contributed by atoms with Gasteiger partial charge in [-0.1, -0.05) is 29.8 Å². The number of fused-ring (bicyclic) bond motifs is 2. The number of aromatic nitrogens is 1. The number of hydrogen-bond donors (Lipinski definition) is 1. The van der Waals surface area contributed by atoms with Crippen LogP contribution < -0.4 is 15.0 Å². The van der Waals surface area contributed by atoms with Crippen LogP contribution in [0.1, 0.15) is 15.9 Å². The van der Waals surface area contributed by atoms with Gasteiger partial charge in [-0.05, 0) is 48.9 Å². The quantitative estimate of drug-likeness (QED) is 0.714. The zero-order valence-corrected chi connectivity index (χ0v) is 15.7. The molecule has 0 saturated heterocycles. The monoisotopic (exact) mass is 393 g/mol.